The molecule has 0 aliphatic carbocycles. The van der Waals surface area contributed by atoms with Crippen LogP contribution in [0, 0.1) is 46.9 Å². The van der Waals surface area contributed by atoms with E-state index in [1.54, 1.807) is 0 Å². The molecule has 7 aromatic rings. The van der Waals surface area contributed by atoms with Gasteiger partial charge in [-0.1, -0.05) is 146 Å². The first kappa shape index (κ1) is 38.5. The Labute approximate surface area is 364 Å². The van der Waals surface area contributed by atoms with Crippen LogP contribution < -0.4 is 9.97 Å². The number of aliphatic hydroxyl groups is 1. The van der Waals surface area contributed by atoms with Crippen molar-refractivity contribution in [3.8, 4) is 44.5 Å². The smallest absolute Gasteiger partial charge is 0.657 e. The van der Waals surface area contributed by atoms with Gasteiger partial charge in [-0.2, -0.15) is 0 Å². The Bertz CT molecular complexity index is 2430. The Morgan fingerprint density at radius 2 is 0.696 bits per heavy atom. The fourth-order valence-corrected chi connectivity index (χ4v) is 6.98. The average Bonchev–Trinajstić information content (AvgIpc) is 4.04. The molecule has 8 bridgehead atoms. The molecule has 0 saturated heterocycles. The molecule has 278 valence electrons. The quantitative estimate of drug-likeness (QED) is 0.137. The van der Waals surface area contributed by atoms with Crippen LogP contribution in [0.3, 0.4) is 0 Å². The number of carbonyl (C=O) groups is 1. The van der Waals surface area contributed by atoms with Crippen molar-refractivity contribution < 1.29 is 56.8 Å². The molecule has 4 aromatic carbocycles. The number of rotatable bonds is 5. The van der Waals surface area contributed by atoms with E-state index in [2.05, 4.69) is 146 Å². The van der Waals surface area contributed by atoms with Gasteiger partial charge in [0.25, 0.3) is 0 Å². The van der Waals surface area contributed by atoms with E-state index in [-0.39, 0.29) is 58.5 Å². The second kappa shape index (κ2) is 17.3. The molecule has 0 fully saturated rings. The number of aliphatic hydroxyl groups excluding tert-OH is 1. The summed E-state index contributed by atoms with van der Waals surface area (Å²) in [4.78, 5) is 31.3. The van der Waals surface area contributed by atoms with Crippen molar-refractivity contribution >= 4 is 52.2 Å². The third kappa shape index (κ3) is 8.24. The van der Waals surface area contributed by atoms with Crippen molar-refractivity contribution in [3.63, 3.8) is 0 Å². The molecule has 6 nitrogen and oxygen atoms in total. The fourth-order valence-electron chi connectivity index (χ4n) is 6.98. The van der Waals surface area contributed by atoms with Crippen LogP contribution in [0.25, 0.3) is 90.9 Å². The number of fused-ring (bicyclic) bond motifs is 8. The minimum Gasteiger partial charge on any atom is -0.657 e. The molecule has 1 N–H and O–H groups in total. The summed E-state index contributed by atoms with van der Waals surface area (Å²) in [5.74, 6) is -0.0625. The van der Waals surface area contributed by atoms with E-state index in [0.717, 1.165) is 89.4 Å². The van der Waals surface area contributed by atoms with Crippen LogP contribution in [0.2, 0.25) is 0 Å². The molecular formula is C49H36N4O2Yb. The third-order valence-electron chi connectivity index (χ3n) is 9.27. The zero-order valence-corrected chi connectivity index (χ0v) is 32.4. The average molecular weight is 886 g/mol. The summed E-state index contributed by atoms with van der Waals surface area (Å²) in [5, 5.41) is 8.36. The predicted octanol–water partition coefficient (Wildman–Crippen LogP) is 11.6. The van der Waals surface area contributed by atoms with E-state index >= 15 is 0 Å². The number of hydrogen-bond acceptors (Lipinski definition) is 4. The largest absolute Gasteiger partial charge is 2.00 e. The topological polar surface area (TPSA) is 91.3 Å². The van der Waals surface area contributed by atoms with Crippen LogP contribution in [0.4, 0.5) is 0 Å². The Kier molecular flexibility index (Phi) is 11.9. The van der Waals surface area contributed by atoms with Crippen LogP contribution in [-0.2, 0) is 4.79 Å². The zero-order valence-electron chi connectivity index (χ0n) is 30.7. The van der Waals surface area contributed by atoms with Crippen LogP contribution in [0.1, 0.15) is 36.6 Å². The number of aromatic nitrogens is 4. The SMILES string of the molecule is C1=Cc2nc1c(-c1ccccc1)c1ccc([n-]1)c(-c1ccccc1)c1nc(c(-c3ccccc3)c3ccc([n-]3)c2-c2ccccc2)C=C1.CC(=O)/C=C(/C)O.[Yb+2]. The molecule has 0 saturated carbocycles. The van der Waals surface area contributed by atoms with Crippen LogP contribution in [0.5, 0.6) is 0 Å². The fraction of sp³-hybridized carbons (Fsp3) is 0.0408. The minimum atomic E-state index is -0.125. The Balaban J connectivity index is 0.000000552. The number of benzene rings is 4. The molecule has 0 radical (unpaired) electrons. The molecule has 0 spiro atoms. The van der Waals surface area contributed by atoms with Crippen LogP contribution in [-0.4, -0.2) is 20.9 Å². The van der Waals surface area contributed by atoms with Crippen molar-refractivity contribution in [2.24, 2.45) is 0 Å². The van der Waals surface area contributed by atoms with Gasteiger partial charge in [0, 0.05) is 6.08 Å². The summed E-state index contributed by atoms with van der Waals surface area (Å²) in [6.07, 6.45) is 9.57. The molecule has 2 aliphatic rings. The maximum atomic E-state index is 10.0. The molecule has 56 heavy (non-hydrogen) atoms. The van der Waals surface area contributed by atoms with Gasteiger partial charge < -0.3 is 15.1 Å². The summed E-state index contributed by atoms with van der Waals surface area (Å²) < 4.78 is 0. The van der Waals surface area contributed by atoms with Crippen LogP contribution in [0.15, 0.2) is 157 Å². The number of ketones is 1. The van der Waals surface area contributed by atoms with E-state index in [1.807, 2.05) is 24.3 Å². The van der Waals surface area contributed by atoms with E-state index in [0.29, 0.717) is 0 Å². The van der Waals surface area contributed by atoms with E-state index in [1.165, 1.54) is 19.9 Å². The van der Waals surface area contributed by atoms with Gasteiger partial charge in [-0.05, 0) is 82.7 Å². The normalized spacial score (nSPS) is 11.7. The first-order valence-corrected chi connectivity index (χ1v) is 18.1. The van der Waals surface area contributed by atoms with Crippen LogP contribution >= 0.6 is 0 Å². The Morgan fingerprint density at radius 3 is 0.893 bits per heavy atom. The van der Waals surface area contributed by atoms with Crippen molar-refractivity contribution in [1.82, 2.24) is 19.9 Å². The first-order valence-electron chi connectivity index (χ1n) is 18.1. The van der Waals surface area contributed by atoms with Crippen molar-refractivity contribution in [2.75, 3.05) is 0 Å². The number of carbonyl (C=O) groups excluding carboxylic acids is 1. The van der Waals surface area contributed by atoms with E-state index < -0.39 is 0 Å². The van der Waals surface area contributed by atoms with Gasteiger partial charge in [-0.25, -0.2) is 9.97 Å². The molecule has 7 heteroatoms. The second-order valence-corrected chi connectivity index (χ2v) is 13.2. The standard InChI is InChI=1S/C44H28N4.C5H8O2.Yb/c1-5-13-29(14-6-1)41-33-21-23-35(45-33)42(30-15-7-2-8-16-30)37-25-27-39(47-37)44(32-19-11-4-12-20-32)40-28-26-38(48-40)43(31-17-9-3-10-18-31)36-24-22-34(41)46-36;1-4(6)3-5(2)7;/h1-28H;3,6H,1-2H3;/q-2;;+2/b;4-3-;. The van der Waals surface area contributed by atoms with Gasteiger partial charge in [-0.3, -0.25) is 4.79 Å². The van der Waals surface area contributed by atoms with Gasteiger partial charge in [0.2, 0.25) is 0 Å². The Hall–Kier alpha value is -5.79. The molecule has 9 rings (SSSR count). The second-order valence-electron chi connectivity index (χ2n) is 13.2. The summed E-state index contributed by atoms with van der Waals surface area (Å²) in [6, 6.07) is 50.0. The number of hydrogen-bond donors (Lipinski definition) is 1. The molecule has 2 aliphatic heterocycles. The maximum Gasteiger partial charge on any atom is 2.00 e. The minimum absolute atomic E-state index is 0. The summed E-state index contributed by atoms with van der Waals surface area (Å²) in [7, 11) is 0. The Morgan fingerprint density at radius 1 is 0.446 bits per heavy atom. The van der Waals surface area contributed by atoms with Crippen molar-refractivity contribution in [1.29, 1.82) is 0 Å². The summed E-state index contributed by atoms with van der Waals surface area (Å²) in [6.45, 7) is 2.85. The van der Waals surface area contributed by atoms with Gasteiger partial charge in [-0.15, -0.1) is 22.1 Å². The molecule has 0 atom stereocenters. The maximum absolute atomic E-state index is 10.0. The zero-order chi connectivity index (χ0) is 37.7. The number of nitrogens with zero attached hydrogens (tertiary/aromatic N) is 4. The van der Waals surface area contributed by atoms with Gasteiger partial charge in [0.1, 0.15) is 0 Å². The monoisotopic (exact) mass is 886 g/mol. The van der Waals surface area contributed by atoms with Crippen molar-refractivity contribution in [2.45, 2.75) is 13.8 Å². The predicted molar refractivity (Wildman–Crippen MR) is 226 cm³/mol. The van der Waals surface area contributed by atoms with E-state index in [4.69, 9.17) is 25.0 Å². The van der Waals surface area contributed by atoms with Gasteiger partial charge in [0.15, 0.2) is 5.78 Å². The molecule has 0 unspecified atom stereocenters. The molecule has 3 aromatic heterocycles. The summed E-state index contributed by atoms with van der Waals surface area (Å²) in [5.41, 5.74) is 15.0. The molecule has 5 heterocycles. The molecular weight excluding hydrogens is 850 g/mol. The third-order valence-corrected chi connectivity index (χ3v) is 9.27. The van der Waals surface area contributed by atoms with Gasteiger partial charge in [0.05, 0.1) is 28.5 Å². The number of allylic oxidation sites excluding steroid dienone is 2. The first-order chi connectivity index (χ1) is 26.9. The van der Waals surface area contributed by atoms with Crippen molar-refractivity contribution in [3.05, 3.63) is 180 Å². The molecule has 0 amide bonds. The summed E-state index contributed by atoms with van der Waals surface area (Å²) >= 11 is 0. The van der Waals surface area contributed by atoms with E-state index in [9.17, 15) is 4.79 Å². The van der Waals surface area contributed by atoms with Gasteiger partial charge >= 0.3 is 46.9 Å².